The highest BCUT2D eigenvalue weighted by Crippen LogP contribution is 2.27. The molecule has 0 aliphatic rings. The fraction of sp³-hybridized carbons (Fsp3) is 0.312. The number of hydrogen-bond donors (Lipinski definition) is 2. The normalized spacial score (nSPS) is 12.2. The van der Waals surface area contributed by atoms with Gasteiger partial charge in [-0.3, -0.25) is 16.3 Å². The van der Waals surface area contributed by atoms with Gasteiger partial charge in [-0.05, 0) is 54.1 Å². The number of aromatic nitrogens is 1. The molecule has 0 spiro atoms. The molecular formula is C16H20IN3O. The Kier molecular flexibility index (Phi) is 5.55. The maximum atomic E-state index is 5.73. The minimum Gasteiger partial charge on any atom is -0.496 e. The minimum absolute atomic E-state index is 0.0283. The van der Waals surface area contributed by atoms with Crippen molar-refractivity contribution in [2.75, 3.05) is 7.11 Å². The van der Waals surface area contributed by atoms with Crippen LogP contribution in [0.15, 0.2) is 30.5 Å². The monoisotopic (exact) mass is 397 g/mol. The number of methoxy groups -OCH3 is 1. The quantitative estimate of drug-likeness (QED) is 0.463. The van der Waals surface area contributed by atoms with Crippen molar-refractivity contribution < 1.29 is 4.74 Å². The first-order chi connectivity index (χ1) is 10.1. The number of hydrogen-bond acceptors (Lipinski definition) is 4. The zero-order chi connectivity index (χ0) is 15.4. The summed E-state index contributed by atoms with van der Waals surface area (Å²) >= 11 is 2.29. The maximum Gasteiger partial charge on any atom is 0.128 e. The molecule has 5 heteroatoms. The number of nitrogens with two attached hydrogens (primary N) is 1. The summed E-state index contributed by atoms with van der Waals surface area (Å²) in [4.78, 5) is 4.54. The predicted octanol–water partition coefficient (Wildman–Crippen LogP) is 3.06. The van der Waals surface area contributed by atoms with Crippen LogP contribution >= 0.6 is 22.6 Å². The Morgan fingerprint density at radius 3 is 2.52 bits per heavy atom. The fourth-order valence-electron chi connectivity index (χ4n) is 2.44. The van der Waals surface area contributed by atoms with Gasteiger partial charge in [0.25, 0.3) is 0 Å². The average Bonchev–Trinajstić information content (AvgIpc) is 2.48. The molecule has 0 saturated carbocycles. The van der Waals surface area contributed by atoms with Crippen LogP contribution in [0.3, 0.4) is 0 Å². The number of benzene rings is 1. The Balaban J connectivity index is 2.29. The lowest BCUT2D eigenvalue weighted by Crippen LogP contribution is -2.30. The van der Waals surface area contributed by atoms with E-state index in [1.165, 1.54) is 3.57 Å². The third kappa shape index (κ3) is 3.72. The highest BCUT2D eigenvalue weighted by Gasteiger charge is 2.16. The molecule has 0 aliphatic carbocycles. The van der Waals surface area contributed by atoms with Gasteiger partial charge in [-0.1, -0.05) is 12.1 Å². The van der Waals surface area contributed by atoms with Gasteiger partial charge in [-0.15, -0.1) is 0 Å². The van der Waals surface area contributed by atoms with Crippen LogP contribution in [0.1, 0.15) is 28.4 Å². The number of aryl methyl sites for hydroxylation is 1. The highest BCUT2D eigenvalue weighted by molar-refractivity contribution is 14.1. The van der Waals surface area contributed by atoms with Crippen LogP contribution in [-0.2, 0) is 6.42 Å². The minimum atomic E-state index is 0.0283. The van der Waals surface area contributed by atoms with E-state index in [4.69, 9.17) is 10.6 Å². The zero-order valence-electron chi connectivity index (χ0n) is 12.5. The van der Waals surface area contributed by atoms with Gasteiger partial charge in [-0.25, -0.2) is 0 Å². The molecule has 1 aromatic carbocycles. The smallest absolute Gasteiger partial charge is 0.128 e. The lowest BCUT2D eigenvalue weighted by atomic mass is 9.99. The van der Waals surface area contributed by atoms with Gasteiger partial charge in [0.15, 0.2) is 0 Å². The molecule has 3 N–H and O–H groups in total. The van der Waals surface area contributed by atoms with Gasteiger partial charge in [-0.2, -0.15) is 0 Å². The largest absolute Gasteiger partial charge is 0.496 e. The zero-order valence-corrected chi connectivity index (χ0v) is 14.6. The molecule has 0 bridgehead atoms. The van der Waals surface area contributed by atoms with Gasteiger partial charge in [0.2, 0.25) is 0 Å². The van der Waals surface area contributed by atoms with Gasteiger partial charge >= 0.3 is 0 Å². The van der Waals surface area contributed by atoms with E-state index in [-0.39, 0.29) is 6.04 Å². The van der Waals surface area contributed by atoms with Crippen LogP contribution in [0.4, 0.5) is 0 Å². The molecule has 4 nitrogen and oxygen atoms in total. The first-order valence-electron chi connectivity index (χ1n) is 6.77. The van der Waals surface area contributed by atoms with E-state index in [9.17, 15) is 0 Å². The Labute approximate surface area is 139 Å². The van der Waals surface area contributed by atoms with Crippen molar-refractivity contribution in [2.24, 2.45) is 5.84 Å². The van der Waals surface area contributed by atoms with Crippen LogP contribution in [0.2, 0.25) is 0 Å². The predicted molar refractivity (Wildman–Crippen MR) is 93.2 cm³/mol. The summed E-state index contributed by atoms with van der Waals surface area (Å²) in [5.74, 6) is 6.63. The van der Waals surface area contributed by atoms with Gasteiger partial charge < -0.3 is 4.74 Å². The third-order valence-electron chi connectivity index (χ3n) is 3.62. The van der Waals surface area contributed by atoms with Gasteiger partial charge in [0.1, 0.15) is 5.75 Å². The Morgan fingerprint density at radius 1 is 1.29 bits per heavy atom. The standard InChI is InChI=1S/C16H20IN3O/c1-10-9-19-14(11(2)16(10)21-3)8-15(20-18)12-4-6-13(17)7-5-12/h4-7,9,15,20H,8,18H2,1-3H3. The summed E-state index contributed by atoms with van der Waals surface area (Å²) < 4.78 is 6.67. The van der Waals surface area contributed by atoms with Crippen LogP contribution in [0, 0.1) is 17.4 Å². The second kappa shape index (κ2) is 7.20. The van der Waals surface area contributed by atoms with Crippen LogP contribution < -0.4 is 16.0 Å². The van der Waals surface area contributed by atoms with Crippen molar-refractivity contribution in [3.63, 3.8) is 0 Å². The Bertz CT molecular complexity index is 614. The number of nitrogens with zero attached hydrogens (tertiary/aromatic N) is 1. The van der Waals surface area contributed by atoms with Crippen molar-refractivity contribution in [2.45, 2.75) is 26.3 Å². The molecular weight excluding hydrogens is 377 g/mol. The van der Waals surface area contributed by atoms with E-state index in [0.29, 0.717) is 0 Å². The Morgan fingerprint density at radius 2 is 1.95 bits per heavy atom. The van der Waals surface area contributed by atoms with E-state index >= 15 is 0 Å². The number of ether oxygens (including phenoxy) is 1. The molecule has 1 unspecified atom stereocenters. The number of nitrogens with one attached hydrogen (secondary N) is 1. The van der Waals surface area contributed by atoms with Gasteiger partial charge in [0, 0.05) is 33.0 Å². The molecule has 1 heterocycles. The molecule has 0 fully saturated rings. The summed E-state index contributed by atoms with van der Waals surface area (Å²) in [5.41, 5.74) is 7.15. The molecule has 1 atom stereocenters. The fourth-order valence-corrected chi connectivity index (χ4v) is 2.80. The topological polar surface area (TPSA) is 60.2 Å². The third-order valence-corrected chi connectivity index (χ3v) is 4.34. The summed E-state index contributed by atoms with van der Waals surface area (Å²) in [6.07, 6.45) is 2.57. The van der Waals surface area contributed by atoms with Crippen molar-refractivity contribution >= 4 is 22.6 Å². The summed E-state index contributed by atoms with van der Waals surface area (Å²) in [6.45, 7) is 4.04. The average molecular weight is 397 g/mol. The van der Waals surface area contributed by atoms with Crippen molar-refractivity contribution in [3.8, 4) is 5.75 Å². The van der Waals surface area contributed by atoms with E-state index in [1.807, 2.05) is 20.0 Å². The van der Waals surface area contributed by atoms with Crippen LogP contribution in [-0.4, -0.2) is 12.1 Å². The molecule has 2 rings (SSSR count). The van der Waals surface area contributed by atoms with Crippen molar-refractivity contribution in [1.82, 2.24) is 10.4 Å². The second-order valence-electron chi connectivity index (χ2n) is 5.02. The van der Waals surface area contributed by atoms with Gasteiger partial charge in [0.05, 0.1) is 13.2 Å². The van der Waals surface area contributed by atoms with E-state index in [2.05, 4.69) is 57.3 Å². The molecule has 0 aliphatic heterocycles. The van der Waals surface area contributed by atoms with Crippen LogP contribution in [0.25, 0.3) is 0 Å². The Hall–Kier alpha value is -1.18. The van der Waals surface area contributed by atoms with E-state index in [1.54, 1.807) is 7.11 Å². The summed E-state index contributed by atoms with van der Waals surface area (Å²) in [7, 11) is 1.69. The van der Waals surface area contributed by atoms with Crippen molar-refractivity contribution in [3.05, 3.63) is 56.4 Å². The number of halogens is 1. The number of rotatable bonds is 5. The second-order valence-corrected chi connectivity index (χ2v) is 6.27. The first kappa shape index (κ1) is 16.2. The molecule has 21 heavy (non-hydrogen) atoms. The first-order valence-corrected chi connectivity index (χ1v) is 7.85. The molecule has 0 amide bonds. The SMILES string of the molecule is COc1c(C)cnc(CC(NN)c2ccc(I)cc2)c1C. The van der Waals surface area contributed by atoms with E-state index in [0.717, 1.165) is 34.6 Å². The highest BCUT2D eigenvalue weighted by atomic mass is 127. The lowest BCUT2D eigenvalue weighted by molar-refractivity contribution is 0.406. The lowest BCUT2D eigenvalue weighted by Gasteiger charge is -2.19. The van der Waals surface area contributed by atoms with Crippen LogP contribution in [0.5, 0.6) is 5.75 Å². The number of hydrazine groups is 1. The summed E-state index contributed by atoms with van der Waals surface area (Å²) in [5, 5.41) is 0. The molecule has 2 aromatic rings. The van der Waals surface area contributed by atoms with Crippen molar-refractivity contribution in [1.29, 1.82) is 0 Å². The number of pyridine rings is 1. The molecule has 112 valence electrons. The summed E-state index contributed by atoms with van der Waals surface area (Å²) in [6, 6.07) is 8.37. The maximum absolute atomic E-state index is 5.73. The molecule has 0 radical (unpaired) electrons. The molecule has 0 saturated heterocycles. The molecule has 1 aromatic heterocycles. The van der Waals surface area contributed by atoms with E-state index < -0.39 is 0 Å².